The Morgan fingerprint density at radius 2 is 2.25 bits per heavy atom. The van der Waals surface area contributed by atoms with Gasteiger partial charge in [-0.25, -0.2) is 0 Å². The molecule has 0 spiro atoms. The number of hydrogen-bond donors (Lipinski definition) is 0. The van der Waals surface area contributed by atoms with Crippen molar-refractivity contribution in [3.63, 3.8) is 0 Å². The van der Waals surface area contributed by atoms with Crippen LogP contribution >= 0.6 is 15.9 Å². The summed E-state index contributed by atoms with van der Waals surface area (Å²) in [7, 11) is 0. The second-order valence-corrected chi connectivity index (χ2v) is 5.43. The first-order valence-corrected chi connectivity index (χ1v) is 7.72. The number of carbonyl (C=O) groups excluding carboxylic acids is 1. The highest BCUT2D eigenvalue weighted by Gasteiger charge is 2.26. The van der Waals surface area contributed by atoms with Crippen molar-refractivity contribution in [2.45, 2.75) is 6.10 Å². The summed E-state index contributed by atoms with van der Waals surface area (Å²) in [6.45, 7) is 1.80. The second kappa shape index (κ2) is 5.89. The first-order chi connectivity index (χ1) is 9.79. The third-order valence-corrected chi connectivity index (χ3v) is 4.20. The zero-order valence-electron chi connectivity index (χ0n) is 11.0. The van der Waals surface area contributed by atoms with E-state index in [1.165, 1.54) is 0 Å². The van der Waals surface area contributed by atoms with Gasteiger partial charge in [0.05, 0.1) is 12.7 Å². The average Bonchev–Trinajstić information content (AvgIpc) is 2.53. The van der Waals surface area contributed by atoms with Gasteiger partial charge in [-0.2, -0.15) is 0 Å². The van der Waals surface area contributed by atoms with Gasteiger partial charge < -0.3 is 9.64 Å². The molecule has 2 heterocycles. The predicted molar refractivity (Wildman–Crippen MR) is 81.2 cm³/mol. The zero-order valence-corrected chi connectivity index (χ0v) is 12.5. The van der Waals surface area contributed by atoms with Gasteiger partial charge >= 0.3 is 0 Å². The molecule has 4 nitrogen and oxygen atoms in total. The number of aromatic nitrogens is 1. The summed E-state index contributed by atoms with van der Waals surface area (Å²) in [5.74, 6) is -0.0175. The van der Waals surface area contributed by atoms with Gasteiger partial charge in [-0.3, -0.25) is 9.78 Å². The van der Waals surface area contributed by atoms with Gasteiger partial charge in [0.15, 0.2) is 0 Å². The molecule has 1 amide bonds. The Labute approximate surface area is 125 Å². The molecule has 1 aromatic heterocycles. The fourth-order valence-corrected chi connectivity index (χ4v) is 2.83. The molecular formula is C15H15BrN2O2. The number of halogens is 1. The lowest BCUT2D eigenvalue weighted by molar-refractivity contribution is -0.00978. The first kappa shape index (κ1) is 13.5. The quantitative estimate of drug-likeness (QED) is 0.792. The van der Waals surface area contributed by atoms with E-state index in [1.54, 1.807) is 6.20 Å². The minimum atomic E-state index is -0.0175. The fourth-order valence-electron chi connectivity index (χ4n) is 2.44. The summed E-state index contributed by atoms with van der Waals surface area (Å²) in [6.07, 6.45) is 1.75. The van der Waals surface area contributed by atoms with Crippen molar-refractivity contribution in [2.75, 3.05) is 25.0 Å². The van der Waals surface area contributed by atoms with Crippen LogP contribution in [0.1, 0.15) is 10.5 Å². The van der Waals surface area contributed by atoms with Gasteiger partial charge in [-0.15, -0.1) is 0 Å². The van der Waals surface area contributed by atoms with Crippen molar-refractivity contribution in [2.24, 2.45) is 0 Å². The van der Waals surface area contributed by atoms with Gasteiger partial charge in [-0.05, 0) is 11.5 Å². The van der Waals surface area contributed by atoms with Crippen molar-refractivity contribution in [3.05, 3.63) is 42.2 Å². The van der Waals surface area contributed by atoms with Crippen LogP contribution in [0.4, 0.5) is 0 Å². The molecule has 1 aliphatic rings. The molecule has 20 heavy (non-hydrogen) atoms. The lowest BCUT2D eigenvalue weighted by Crippen LogP contribution is -2.46. The molecule has 1 unspecified atom stereocenters. The highest BCUT2D eigenvalue weighted by Crippen LogP contribution is 2.19. The van der Waals surface area contributed by atoms with Crippen molar-refractivity contribution in [1.82, 2.24) is 9.88 Å². The summed E-state index contributed by atoms with van der Waals surface area (Å²) in [5.41, 5.74) is 0.526. The second-order valence-electron chi connectivity index (χ2n) is 4.78. The molecule has 0 aliphatic carbocycles. The van der Waals surface area contributed by atoms with Crippen LogP contribution in [-0.4, -0.2) is 46.9 Å². The number of amides is 1. The smallest absolute Gasteiger partial charge is 0.273 e. The maximum Gasteiger partial charge on any atom is 0.273 e. The van der Waals surface area contributed by atoms with E-state index in [4.69, 9.17) is 4.74 Å². The molecule has 1 aromatic carbocycles. The average molecular weight is 335 g/mol. The van der Waals surface area contributed by atoms with E-state index in [9.17, 15) is 4.79 Å². The lowest BCUT2D eigenvalue weighted by atomic mass is 10.1. The number of pyridine rings is 1. The van der Waals surface area contributed by atoms with Gasteiger partial charge in [0, 0.05) is 30.0 Å². The number of hydrogen-bond acceptors (Lipinski definition) is 3. The van der Waals surface area contributed by atoms with Gasteiger partial charge in [0.1, 0.15) is 5.69 Å². The highest BCUT2D eigenvalue weighted by molar-refractivity contribution is 9.09. The number of morpholine rings is 1. The van der Waals surface area contributed by atoms with Gasteiger partial charge in [0.25, 0.3) is 5.91 Å². The Bertz CT molecular complexity index is 627. The lowest BCUT2D eigenvalue weighted by Gasteiger charge is -2.32. The zero-order chi connectivity index (χ0) is 13.9. The molecule has 0 bridgehead atoms. The minimum Gasteiger partial charge on any atom is -0.374 e. The normalized spacial score (nSPS) is 19.2. The SMILES string of the molecule is O=C(c1nccc2ccccc12)N1CCOC(CBr)C1. The maximum atomic E-state index is 12.7. The highest BCUT2D eigenvalue weighted by atomic mass is 79.9. The predicted octanol–water partition coefficient (Wildman–Crippen LogP) is 2.47. The van der Waals surface area contributed by atoms with E-state index in [0.717, 1.165) is 16.1 Å². The number of nitrogens with zero attached hydrogens (tertiary/aromatic N) is 2. The standard InChI is InChI=1S/C15H15BrN2O2/c16-9-12-10-18(7-8-20-12)15(19)14-13-4-2-1-3-11(13)5-6-17-14/h1-6,12H,7-10H2. The summed E-state index contributed by atoms with van der Waals surface area (Å²) >= 11 is 3.40. The molecule has 0 radical (unpaired) electrons. The topological polar surface area (TPSA) is 42.4 Å². The Balaban J connectivity index is 1.92. The van der Waals surface area contributed by atoms with Crippen molar-refractivity contribution in [3.8, 4) is 0 Å². The van der Waals surface area contributed by atoms with Crippen molar-refractivity contribution in [1.29, 1.82) is 0 Å². The van der Waals surface area contributed by atoms with Crippen LogP contribution in [-0.2, 0) is 4.74 Å². The largest absolute Gasteiger partial charge is 0.374 e. The molecule has 1 aliphatic heterocycles. The minimum absolute atomic E-state index is 0.0175. The van der Waals surface area contributed by atoms with E-state index in [-0.39, 0.29) is 12.0 Å². The van der Waals surface area contributed by atoms with Crippen LogP contribution in [0.25, 0.3) is 10.8 Å². The molecule has 104 valence electrons. The maximum absolute atomic E-state index is 12.7. The summed E-state index contributed by atoms with van der Waals surface area (Å²) < 4.78 is 5.57. The molecule has 3 rings (SSSR count). The third kappa shape index (κ3) is 2.55. The van der Waals surface area contributed by atoms with E-state index < -0.39 is 0 Å². The van der Waals surface area contributed by atoms with E-state index in [0.29, 0.717) is 25.4 Å². The number of carbonyl (C=O) groups is 1. The van der Waals surface area contributed by atoms with Gasteiger partial charge in [-0.1, -0.05) is 40.2 Å². The third-order valence-electron chi connectivity index (χ3n) is 3.47. The molecule has 0 saturated carbocycles. The number of fused-ring (bicyclic) bond motifs is 1. The number of benzene rings is 1. The Morgan fingerprint density at radius 1 is 1.40 bits per heavy atom. The van der Waals surface area contributed by atoms with Crippen LogP contribution in [0, 0.1) is 0 Å². The molecular weight excluding hydrogens is 320 g/mol. The fraction of sp³-hybridized carbons (Fsp3) is 0.333. The van der Waals surface area contributed by atoms with Gasteiger partial charge in [0.2, 0.25) is 0 Å². The van der Waals surface area contributed by atoms with Crippen LogP contribution in [0.15, 0.2) is 36.5 Å². The number of rotatable bonds is 2. The summed E-state index contributed by atoms with van der Waals surface area (Å²) in [6, 6.07) is 9.76. The summed E-state index contributed by atoms with van der Waals surface area (Å²) in [5, 5.41) is 2.68. The van der Waals surface area contributed by atoms with Crippen LogP contribution in [0.5, 0.6) is 0 Å². The Hall–Kier alpha value is -1.46. The van der Waals surface area contributed by atoms with Crippen LogP contribution in [0.3, 0.4) is 0 Å². The molecule has 1 atom stereocenters. The van der Waals surface area contributed by atoms with Crippen LogP contribution < -0.4 is 0 Å². The van der Waals surface area contributed by atoms with Crippen molar-refractivity contribution < 1.29 is 9.53 Å². The van der Waals surface area contributed by atoms with E-state index >= 15 is 0 Å². The number of ether oxygens (including phenoxy) is 1. The van der Waals surface area contributed by atoms with E-state index in [1.807, 2.05) is 35.2 Å². The van der Waals surface area contributed by atoms with Crippen molar-refractivity contribution >= 4 is 32.6 Å². The molecule has 2 aromatic rings. The Kier molecular flexibility index (Phi) is 3.98. The molecule has 0 N–H and O–H groups in total. The first-order valence-electron chi connectivity index (χ1n) is 6.60. The molecule has 1 fully saturated rings. The molecule has 5 heteroatoms. The Morgan fingerprint density at radius 3 is 3.10 bits per heavy atom. The monoisotopic (exact) mass is 334 g/mol. The summed E-state index contributed by atoms with van der Waals surface area (Å²) in [4.78, 5) is 18.8. The van der Waals surface area contributed by atoms with E-state index in [2.05, 4.69) is 20.9 Å². The molecule has 1 saturated heterocycles. The van der Waals surface area contributed by atoms with Crippen LogP contribution in [0.2, 0.25) is 0 Å². The number of alkyl halides is 1.